The second-order valence-electron chi connectivity index (χ2n) is 6.83. The predicted octanol–water partition coefficient (Wildman–Crippen LogP) is 2.49. The molecular formula is C20H16FN5O2. The number of fused-ring (bicyclic) bond motifs is 2. The van der Waals surface area contributed by atoms with Gasteiger partial charge in [0.25, 0.3) is 5.91 Å². The summed E-state index contributed by atoms with van der Waals surface area (Å²) in [6, 6.07) is 9.43. The molecule has 5 rings (SSSR count). The van der Waals surface area contributed by atoms with Crippen LogP contribution in [0.3, 0.4) is 0 Å². The molecule has 3 aromatic rings. The van der Waals surface area contributed by atoms with Gasteiger partial charge < -0.3 is 5.32 Å². The number of carbonyl (C=O) groups excluding carboxylic acids is 2. The highest BCUT2D eigenvalue weighted by atomic mass is 19.1. The third-order valence-electron chi connectivity index (χ3n) is 5.07. The van der Waals surface area contributed by atoms with E-state index in [2.05, 4.69) is 15.4 Å². The maximum Gasteiger partial charge on any atom is 0.280 e. The Bertz CT molecular complexity index is 1110. The number of rotatable bonds is 2. The minimum absolute atomic E-state index is 0.110. The summed E-state index contributed by atoms with van der Waals surface area (Å²) in [6.07, 6.45) is 4.04. The van der Waals surface area contributed by atoms with Crippen LogP contribution in [0.15, 0.2) is 42.6 Å². The Labute approximate surface area is 159 Å². The molecule has 140 valence electrons. The Morgan fingerprint density at radius 1 is 1.14 bits per heavy atom. The highest BCUT2D eigenvalue weighted by molar-refractivity contribution is 6.14. The van der Waals surface area contributed by atoms with Crippen molar-refractivity contribution in [3.8, 4) is 5.69 Å². The van der Waals surface area contributed by atoms with Crippen molar-refractivity contribution in [1.82, 2.24) is 14.8 Å². The smallest absolute Gasteiger partial charge is 0.280 e. The number of benzene rings is 1. The van der Waals surface area contributed by atoms with Gasteiger partial charge in [0.05, 0.1) is 11.4 Å². The lowest BCUT2D eigenvalue weighted by molar-refractivity contribution is -0.115. The van der Waals surface area contributed by atoms with Crippen molar-refractivity contribution in [2.75, 3.05) is 16.8 Å². The molecule has 7 nitrogen and oxygen atoms in total. The summed E-state index contributed by atoms with van der Waals surface area (Å²) in [5, 5.41) is 7.28. The van der Waals surface area contributed by atoms with E-state index in [-0.39, 0.29) is 24.2 Å². The lowest BCUT2D eigenvalue weighted by Crippen LogP contribution is -2.43. The number of hydrogen-bond donors (Lipinski definition) is 1. The van der Waals surface area contributed by atoms with Crippen LogP contribution in [0.5, 0.6) is 0 Å². The molecule has 28 heavy (non-hydrogen) atoms. The van der Waals surface area contributed by atoms with Gasteiger partial charge in [-0.05, 0) is 55.7 Å². The number of hydrogen-bond acceptors (Lipinski definition) is 4. The Hall–Kier alpha value is -3.55. The first kappa shape index (κ1) is 16.6. The minimum atomic E-state index is -0.353. The van der Waals surface area contributed by atoms with Gasteiger partial charge in [-0.2, -0.15) is 5.10 Å². The summed E-state index contributed by atoms with van der Waals surface area (Å²) in [5.74, 6) is -0.543. The van der Waals surface area contributed by atoms with Crippen molar-refractivity contribution in [3.63, 3.8) is 0 Å². The van der Waals surface area contributed by atoms with Crippen molar-refractivity contribution >= 4 is 23.3 Å². The summed E-state index contributed by atoms with van der Waals surface area (Å²) in [6.45, 7) is -0.110. The molecule has 1 aliphatic heterocycles. The topological polar surface area (TPSA) is 80.1 Å². The van der Waals surface area contributed by atoms with Crippen LogP contribution in [0.4, 0.5) is 15.9 Å². The lowest BCUT2D eigenvalue weighted by Gasteiger charge is -2.27. The van der Waals surface area contributed by atoms with E-state index in [9.17, 15) is 14.0 Å². The Kier molecular flexibility index (Phi) is 3.71. The fraction of sp³-hybridized carbons (Fsp3) is 0.200. The van der Waals surface area contributed by atoms with E-state index in [0.29, 0.717) is 22.9 Å². The molecule has 1 N–H and O–H groups in total. The molecule has 0 unspecified atom stereocenters. The number of carbonyl (C=O) groups is 2. The second kappa shape index (κ2) is 6.26. The first-order valence-electron chi connectivity index (χ1n) is 9.05. The van der Waals surface area contributed by atoms with E-state index < -0.39 is 0 Å². The average Bonchev–Trinajstić information content (AvgIpc) is 3.30. The van der Waals surface area contributed by atoms with Crippen molar-refractivity contribution in [2.24, 2.45) is 0 Å². The molecule has 0 saturated heterocycles. The van der Waals surface area contributed by atoms with E-state index in [4.69, 9.17) is 0 Å². The minimum Gasteiger partial charge on any atom is -0.321 e. The van der Waals surface area contributed by atoms with Crippen LogP contribution in [-0.4, -0.2) is 33.1 Å². The number of nitrogens with one attached hydrogen (secondary N) is 1. The molecule has 0 spiro atoms. The maximum absolute atomic E-state index is 13.3. The van der Waals surface area contributed by atoms with Crippen molar-refractivity contribution in [3.05, 3.63) is 65.4 Å². The SMILES string of the molecule is O=C1CN(C(=O)c2nn(-c3ccc(F)cc3)c3c2CCC3)c2ncccc2N1. The van der Waals surface area contributed by atoms with Crippen molar-refractivity contribution in [1.29, 1.82) is 0 Å². The van der Waals surface area contributed by atoms with Gasteiger partial charge in [0.1, 0.15) is 12.4 Å². The predicted molar refractivity (Wildman–Crippen MR) is 100 cm³/mol. The largest absolute Gasteiger partial charge is 0.321 e. The molecule has 0 atom stereocenters. The number of halogens is 1. The van der Waals surface area contributed by atoms with Crippen LogP contribution in [0, 0.1) is 5.82 Å². The number of pyridine rings is 1. The molecular weight excluding hydrogens is 361 g/mol. The highest BCUT2D eigenvalue weighted by Crippen LogP contribution is 2.32. The van der Waals surface area contributed by atoms with E-state index >= 15 is 0 Å². The molecule has 3 heterocycles. The van der Waals surface area contributed by atoms with E-state index in [0.717, 1.165) is 30.5 Å². The van der Waals surface area contributed by atoms with Gasteiger partial charge in [0, 0.05) is 17.5 Å². The van der Waals surface area contributed by atoms with E-state index in [1.807, 2.05) is 0 Å². The zero-order chi connectivity index (χ0) is 19.3. The number of nitrogens with zero attached hydrogens (tertiary/aromatic N) is 4. The molecule has 1 aliphatic carbocycles. The van der Waals surface area contributed by atoms with Crippen LogP contribution in [-0.2, 0) is 17.6 Å². The molecule has 0 saturated carbocycles. The van der Waals surface area contributed by atoms with Gasteiger partial charge in [0.15, 0.2) is 11.5 Å². The lowest BCUT2D eigenvalue weighted by atomic mass is 10.1. The van der Waals surface area contributed by atoms with Gasteiger partial charge in [0.2, 0.25) is 5.91 Å². The standard InChI is InChI=1S/C20H16FN5O2/c21-12-6-8-13(9-7-12)26-16-5-1-3-14(16)18(24-26)20(28)25-11-17(27)23-15-4-2-10-22-19(15)25/h2,4,6-10H,1,3,5,11H2,(H,23,27). The fourth-order valence-electron chi connectivity index (χ4n) is 3.82. The zero-order valence-corrected chi connectivity index (χ0v) is 14.9. The van der Waals surface area contributed by atoms with Crippen LogP contribution >= 0.6 is 0 Å². The molecule has 0 radical (unpaired) electrons. The molecule has 2 aromatic heterocycles. The second-order valence-corrected chi connectivity index (χ2v) is 6.83. The molecule has 0 bridgehead atoms. The number of anilines is 2. The zero-order valence-electron chi connectivity index (χ0n) is 14.9. The Balaban J connectivity index is 1.59. The van der Waals surface area contributed by atoms with Crippen LogP contribution in [0.1, 0.15) is 28.2 Å². The summed E-state index contributed by atoms with van der Waals surface area (Å²) < 4.78 is 15.0. The quantitative estimate of drug-likeness (QED) is 0.744. The molecule has 8 heteroatoms. The summed E-state index contributed by atoms with van der Waals surface area (Å²) in [4.78, 5) is 31.0. The first-order valence-corrected chi connectivity index (χ1v) is 9.05. The first-order chi connectivity index (χ1) is 13.6. The van der Waals surface area contributed by atoms with Gasteiger partial charge in [-0.25, -0.2) is 14.1 Å². The monoisotopic (exact) mass is 377 g/mol. The number of aromatic nitrogens is 3. The molecule has 1 aromatic carbocycles. The van der Waals surface area contributed by atoms with Gasteiger partial charge in [-0.1, -0.05) is 0 Å². The summed E-state index contributed by atoms with van der Waals surface area (Å²) in [7, 11) is 0. The fourth-order valence-corrected chi connectivity index (χ4v) is 3.82. The normalized spacial score (nSPS) is 15.2. The van der Waals surface area contributed by atoms with Gasteiger partial charge >= 0.3 is 0 Å². The molecule has 2 aliphatic rings. The summed E-state index contributed by atoms with van der Waals surface area (Å²) in [5.41, 5.74) is 3.37. The highest BCUT2D eigenvalue weighted by Gasteiger charge is 2.34. The van der Waals surface area contributed by atoms with Crippen molar-refractivity contribution in [2.45, 2.75) is 19.3 Å². The van der Waals surface area contributed by atoms with E-state index in [1.54, 1.807) is 35.1 Å². The van der Waals surface area contributed by atoms with Crippen LogP contribution < -0.4 is 10.2 Å². The Morgan fingerprint density at radius 2 is 1.96 bits per heavy atom. The van der Waals surface area contributed by atoms with E-state index in [1.165, 1.54) is 17.0 Å². The third kappa shape index (κ3) is 2.57. The van der Waals surface area contributed by atoms with Crippen LogP contribution in [0.2, 0.25) is 0 Å². The third-order valence-corrected chi connectivity index (χ3v) is 5.07. The molecule has 2 amide bonds. The Morgan fingerprint density at radius 3 is 2.79 bits per heavy atom. The maximum atomic E-state index is 13.3. The number of amides is 2. The average molecular weight is 377 g/mol. The summed E-state index contributed by atoms with van der Waals surface area (Å²) >= 11 is 0. The molecule has 0 fully saturated rings. The van der Waals surface area contributed by atoms with Gasteiger partial charge in [-0.3, -0.25) is 14.5 Å². The van der Waals surface area contributed by atoms with Gasteiger partial charge in [-0.15, -0.1) is 0 Å². The van der Waals surface area contributed by atoms with Crippen molar-refractivity contribution < 1.29 is 14.0 Å². The van der Waals surface area contributed by atoms with Crippen LogP contribution in [0.25, 0.3) is 5.69 Å².